The highest BCUT2D eigenvalue weighted by Crippen LogP contribution is 2.21. The molecular formula is C16H24N4O. The van der Waals surface area contributed by atoms with E-state index in [9.17, 15) is 0 Å². The number of aromatic nitrogens is 3. The number of aryl methyl sites for hydroxylation is 3. The van der Waals surface area contributed by atoms with Gasteiger partial charge in [0.2, 0.25) is 11.8 Å². The van der Waals surface area contributed by atoms with Crippen LogP contribution in [0.3, 0.4) is 0 Å². The summed E-state index contributed by atoms with van der Waals surface area (Å²) >= 11 is 0. The third kappa shape index (κ3) is 4.63. The van der Waals surface area contributed by atoms with Crippen LogP contribution >= 0.6 is 0 Å². The van der Waals surface area contributed by atoms with E-state index >= 15 is 0 Å². The van der Waals surface area contributed by atoms with Gasteiger partial charge in [-0.1, -0.05) is 0 Å². The van der Waals surface area contributed by atoms with Crippen molar-refractivity contribution in [3.05, 3.63) is 29.4 Å². The van der Waals surface area contributed by atoms with Crippen molar-refractivity contribution in [1.82, 2.24) is 20.5 Å². The van der Waals surface area contributed by atoms with Gasteiger partial charge < -0.3 is 9.73 Å². The van der Waals surface area contributed by atoms with Crippen LogP contribution in [-0.2, 0) is 6.42 Å². The van der Waals surface area contributed by atoms with E-state index in [0.717, 1.165) is 36.3 Å². The van der Waals surface area contributed by atoms with Gasteiger partial charge in [-0.3, -0.25) is 4.98 Å². The molecule has 5 heteroatoms. The molecule has 21 heavy (non-hydrogen) atoms. The van der Waals surface area contributed by atoms with Crippen LogP contribution in [0.1, 0.15) is 44.5 Å². The van der Waals surface area contributed by atoms with E-state index in [4.69, 9.17) is 4.42 Å². The lowest BCUT2D eigenvalue weighted by atomic mass is 10.1. The maximum Gasteiger partial charge on any atom is 0.249 e. The SMILES string of the molecule is Cc1ccc(-c2nnc(CCCNC(C)(C)C)o2)c(C)n1. The highest BCUT2D eigenvalue weighted by molar-refractivity contribution is 5.55. The van der Waals surface area contributed by atoms with Crippen LogP contribution in [0.15, 0.2) is 16.5 Å². The maximum atomic E-state index is 5.73. The number of pyridine rings is 1. The van der Waals surface area contributed by atoms with E-state index in [1.165, 1.54) is 0 Å². The van der Waals surface area contributed by atoms with E-state index < -0.39 is 0 Å². The zero-order chi connectivity index (χ0) is 15.5. The summed E-state index contributed by atoms with van der Waals surface area (Å²) in [4.78, 5) is 4.42. The molecule has 0 aliphatic carbocycles. The summed E-state index contributed by atoms with van der Waals surface area (Å²) in [6, 6.07) is 3.94. The fourth-order valence-electron chi connectivity index (χ4n) is 2.08. The molecule has 2 heterocycles. The van der Waals surface area contributed by atoms with Gasteiger partial charge in [0.05, 0.1) is 11.3 Å². The minimum absolute atomic E-state index is 0.144. The van der Waals surface area contributed by atoms with Gasteiger partial charge in [-0.05, 0) is 59.7 Å². The number of nitrogens with one attached hydrogen (secondary N) is 1. The molecule has 0 aliphatic rings. The van der Waals surface area contributed by atoms with Crippen molar-refractivity contribution in [3.63, 3.8) is 0 Å². The molecule has 114 valence electrons. The second kappa shape index (κ2) is 6.35. The molecule has 5 nitrogen and oxygen atoms in total. The van der Waals surface area contributed by atoms with Crippen LogP contribution < -0.4 is 5.32 Å². The second-order valence-corrected chi connectivity index (χ2v) is 6.37. The first-order valence-electron chi connectivity index (χ1n) is 7.37. The zero-order valence-corrected chi connectivity index (χ0v) is 13.5. The topological polar surface area (TPSA) is 63.8 Å². The molecule has 0 radical (unpaired) electrons. The van der Waals surface area contributed by atoms with Gasteiger partial charge in [0.1, 0.15) is 0 Å². The number of nitrogens with zero attached hydrogens (tertiary/aromatic N) is 3. The van der Waals surface area contributed by atoms with Gasteiger partial charge in [-0.15, -0.1) is 10.2 Å². The quantitative estimate of drug-likeness (QED) is 0.857. The molecule has 0 saturated heterocycles. The number of hydrogen-bond donors (Lipinski definition) is 1. The third-order valence-corrected chi connectivity index (χ3v) is 3.15. The van der Waals surface area contributed by atoms with Crippen molar-refractivity contribution in [2.45, 2.75) is 53.0 Å². The van der Waals surface area contributed by atoms with Crippen molar-refractivity contribution >= 4 is 0 Å². The normalized spacial score (nSPS) is 11.9. The Morgan fingerprint density at radius 2 is 1.90 bits per heavy atom. The van der Waals surface area contributed by atoms with Gasteiger partial charge in [-0.25, -0.2) is 0 Å². The number of rotatable bonds is 5. The Hall–Kier alpha value is -1.75. The predicted octanol–water partition coefficient (Wildman–Crippen LogP) is 3.07. The highest BCUT2D eigenvalue weighted by atomic mass is 16.4. The first kappa shape index (κ1) is 15.6. The molecule has 0 fully saturated rings. The van der Waals surface area contributed by atoms with Crippen LogP contribution in [0.25, 0.3) is 11.5 Å². The zero-order valence-electron chi connectivity index (χ0n) is 13.5. The fraction of sp³-hybridized carbons (Fsp3) is 0.562. The molecule has 0 atom stereocenters. The standard InChI is InChI=1S/C16H24N4O/c1-11-8-9-13(12(2)18-11)15-20-19-14(21-15)7-6-10-17-16(3,4)5/h8-9,17H,6-7,10H2,1-5H3. The van der Waals surface area contributed by atoms with Crippen molar-refractivity contribution in [2.75, 3.05) is 6.54 Å². The molecule has 2 aromatic rings. The minimum atomic E-state index is 0.144. The van der Waals surface area contributed by atoms with Gasteiger partial charge in [0, 0.05) is 17.7 Å². The van der Waals surface area contributed by atoms with Crippen LogP contribution in [0, 0.1) is 13.8 Å². The summed E-state index contributed by atoms with van der Waals surface area (Å²) in [6.45, 7) is 11.3. The van der Waals surface area contributed by atoms with Crippen molar-refractivity contribution in [1.29, 1.82) is 0 Å². The molecular weight excluding hydrogens is 264 g/mol. The average Bonchev–Trinajstić information content (AvgIpc) is 2.82. The van der Waals surface area contributed by atoms with E-state index in [-0.39, 0.29) is 5.54 Å². The summed E-state index contributed by atoms with van der Waals surface area (Å²) in [7, 11) is 0. The maximum absolute atomic E-state index is 5.73. The molecule has 0 bridgehead atoms. The first-order valence-corrected chi connectivity index (χ1v) is 7.37. The Bertz CT molecular complexity index is 599. The predicted molar refractivity (Wildman–Crippen MR) is 83.1 cm³/mol. The Balaban J connectivity index is 1.95. The Kier molecular flexibility index (Phi) is 4.73. The van der Waals surface area contributed by atoms with E-state index in [1.807, 2.05) is 26.0 Å². The third-order valence-electron chi connectivity index (χ3n) is 3.15. The van der Waals surface area contributed by atoms with Crippen molar-refractivity contribution < 1.29 is 4.42 Å². The van der Waals surface area contributed by atoms with Crippen LogP contribution in [-0.4, -0.2) is 27.3 Å². The fourth-order valence-corrected chi connectivity index (χ4v) is 2.08. The summed E-state index contributed by atoms with van der Waals surface area (Å²) in [6.07, 6.45) is 1.76. The Morgan fingerprint density at radius 3 is 2.57 bits per heavy atom. The van der Waals surface area contributed by atoms with Crippen molar-refractivity contribution in [2.24, 2.45) is 0 Å². The summed E-state index contributed by atoms with van der Waals surface area (Å²) in [5.41, 5.74) is 2.96. The van der Waals surface area contributed by atoms with Gasteiger partial charge >= 0.3 is 0 Å². The molecule has 0 amide bonds. The highest BCUT2D eigenvalue weighted by Gasteiger charge is 2.12. The summed E-state index contributed by atoms with van der Waals surface area (Å²) < 4.78 is 5.73. The molecule has 0 spiro atoms. The van der Waals surface area contributed by atoms with E-state index in [1.54, 1.807) is 0 Å². The largest absolute Gasteiger partial charge is 0.421 e. The first-order chi connectivity index (χ1) is 9.85. The Labute approximate surface area is 126 Å². The molecule has 0 aromatic carbocycles. The van der Waals surface area contributed by atoms with E-state index in [0.29, 0.717) is 11.8 Å². The van der Waals surface area contributed by atoms with E-state index in [2.05, 4.69) is 41.3 Å². The average molecular weight is 288 g/mol. The summed E-state index contributed by atoms with van der Waals surface area (Å²) in [5.74, 6) is 1.24. The monoisotopic (exact) mass is 288 g/mol. The smallest absolute Gasteiger partial charge is 0.249 e. The van der Waals surface area contributed by atoms with Gasteiger partial charge in [0.15, 0.2) is 0 Å². The molecule has 0 aliphatic heterocycles. The lowest BCUT2D eigenvalue weighted by molar-refractivity contribution is 0.412. The Morgan fingerprint density at radius 1 is 1.14 bits per heavy atom. The van der Waals surface area contributed by atoms with Gasteiger partial charge in [0.25, 0.3) is 0 Å². The second-order valence-electron chi connectivity index (χ2n) is 6.37. The molecule has 0 unspecified atom stereocenters. The minimum Gasteiger partial charge on any atom is -0.421 e. The van der Waals surface area contributed by atoms with Crippen LogP contribution in [0.4, 0.5) is 0 Å². The molecule has 2 aromatic heterocycles. The molecule has 1 N–H and O–H groups in total. The molecule has 2 rings (SSSR count). The van der Waals surface area contributed by atoms with Crippen LogP contribution in [0.5, 0.6) is 0 Å². The van der Waals surface area contributed by atoms with Crippen molar-refractivity contribution in [3.8, 4) is 11.5 Å². The lowest BCUT2D eigenvalue weighted by Gasteiger charge is -2.19. The lowest BCUT2D eigenvalue weighted by Crippen LogP contribution is -2.36. The van der Waals surface area contributed by atoms with Gasteiger partial charge in [-0.2, -0.15) is 0 Å². The van der Waals surface area contributed by atoms with Crippen LogP contribution in [0.2, 0.25) is 0 Å². The molecule has 0 saturated carbocycles. The summed E-state index contributed by atoms with van der Waals surface area (Å²) in [5, 5.41) is 11.7. The number of hydrogen-bond acceptors (Lipinski definition) is 5.